The summed E-state index contributed by atoms with van der Waals surface area (Å²) in [5, 5.41) is 24.5. The number of carbonyl (C=O) groups is 2. The van der Waals surface area contributed by atoms with Crippen molar-refractivity contribution in [3.63, 3.8) is 0 Å². The third-order valence-electron chi connectivity index (χ3n) is 8.72. The van der Waals surface area contributed by atoms with Crippen LogP contribution in [0.2, 0.25) is 0 Å². The Labute approximate surface area is 341 Å². The number of aromatic amines is 3. The third kappa shape index (κ3) is 7.12. The largest absolute Gasteiger partial charge is 0.392 e. The van der Waals surface area contributed by atoms with Gasteiger partial charge in [0.15, 0.2) is 15.7 Å². The van der Waals surface area contributed by atoms with Crippen molar-refractivity contribution in [2.24, 2.45) is 0 Å². The minimum absolute atomic E-state index is 0.0202. The van der Waals surface area contributed by atoms with Gasteiger partial charge in [0, 0.05) is 25.2 Å². The second kappa shape index (κ2) is 15.2. The van der Waals surface area contributed by atoms with Gasteiger partial charge in [-0.25, -0.2) is 24.9 Å². The molecule has 304 valence electrons. The molecule has 0 aliphatic rings. The maximum atomic E-state index is 14.5. The number of amides is 2. The summed E-state index contributed by atoms with van der Waals surface area (Å²) in [7, 11) is -8.88. The molecule has 0 radical (unpaired) electrons. The summed E-state index contributed by atoms with van der Waals surface area (Å²) in [6.07, 6.45) is 10.2. The van der Waals surface area contributed by atoms with Crippen LogP contribution in [0.3, 0.4) is 0 Å². The molecule has 0 spiro atoms. The van der Waals surface area contributed by atoms with Crippen LogP contribution in [0.1, 0.15) is 21.0 Å². The molecule has 9 aromatic rings. The van der Waals surface area contributed by atoms with Crippen LogP contribution in [-0.4, -0.2) is 92.8 Å². The van der Waals surface area contributed by atoms with Gasteiger partial charge in [-0.15, -0.1) is 9.19 Å². The number of nitrogens with zero attached hydrogens (tertiary/aromatic N) is 12. The summed E-state index contributed by atoms with van der Waals surface area (Å²) < 4.78 is 56.9. The van der Waals surface area contributed by atoms with Gasteiger partial charge in [-0.1, -0.05) is 36.4 Å². The number of anilines is 6. The average Bonchev–Trinajstić information content (AvgIpc) is 4.12. The Kier molecular flexibility index (Phi) is 9.44. The van der Waals surface area contributed by atoms with E-state index in [9.17, 15) is 26.4 Å². The molecule has 0 fully saturated rings. The Balaban J connectivity index is 1.08. The zero-order valence-corrected chi connectivity index (χ0v) is 32.3. The van der Waals surface area contributed by atoms with Gasteiger partial charge in [0.25, 0.3) is 21.6 Å². The molecule has 7 aromatic heterocycles. The summed E-state index contributed by atoms with van der Waals surface area (Å²) in [4.78, 5) is 56.0. The van der Waals surface area contributed by atoms with Crippen molar-refractivity contribution >= 4 is 77.3 Å². The number of benzene rings is 2. The Hall–Kier alpha value is -8.72. The minimum Gasteiger partial charge on any atom is -0.336 e. The molecule has 0 atom stereocenters. The van der Waals surface area contributed by atoms with Crippen molar-refractivity contribution in [2.75, 3.05) is 21.3 Å². The number of fused-ring (bicyclic) bond motifs is 1. The highest BCUT2D eigenvalue weighted by atomic mass is 32.2. The number of H-pyrrole nitrogens is 3. The van der Waals surface area contributed by atoms with Crippen LogP contribution in [0.15, 0.2) is 133 Å². The lowest BCUT2D eigenvalue weighted by Crippen LogP contribution is -2.64. The number of hydrogen-bond donors (Lipinski definition) is 7. The predicted octanol–water partition coefficient (Wildman–Crippen LogP) is 0.939. The number of nitrogens with one attached hydrogen (secondary N) is 7. The highest BCUT2D eigenvalue weighted by molar-refractivity contribution is 7.89. The van der Waals surface area contributed by atoms with Crippen LogP contribution in [0, 0.1) is 0 Å². The van der Waals surface area contributed by atoms with Crippen molar-refractivity contribution in [3.05, 3.63) is 135 Å². The summed E-state index contributed by atoms with van der Waals surface area (Å²) in [6, 6.07) is 18.4. The fraction of sp³-hybridized carbons (Fsp3) is 0. The monoisotopic (exact) mass is 861 g/mol. The predicted molar refractivity (Wildman–Crippen MR) is 209 cm³/mol. The fourth-order valence-corrected chi connectivity index (χ4v) is 8.22. The molecule has 61 heavy (non-hydrogen) atoms. The number of carbonyl (C=O) groups excluding carboxylic acids is 2. The lowest BCUT2D eigenvalue weighted by molar-refractivity contribution is -0.914. The van der Waals surface area contributed by atoms with E-state index in [1.165, 1.54) is 24.8 Å². The fourth-order valence-electron chi connectivity index (χ4n) is 5.92. The minimum atomic E-state index is -4.69. The van der Waals surface area contributed by atoms with Crippen LogP contribution in [0.4, 0.5) is 34.4 Å². The van der Waals surface area contributed by atoms with E-state index < -0.39 is 36.8 Å². The van der Waals surface area contributed by atoms with E-state index in [0.717, 1.165) is 47.4 Å². The van der Waals surface area contributed by atoms with Gasteiger partial charge in [-0.3, -0.25) is 14.7 Å². The normalized spacial score (nSPS) is 11.7. The van der Waals surface area contributed by atoms with Crippen LogP contribution in [-0.2, 0) is 20.0 Å². The first-order valence-corrected chi connectivity index (χ1v) is 20.3. The lowest BCUT2D eigenvalue weighted by Gasteiger charge is -2.10. The molecular formula is C34H27N19O6S2+2. The topological polar surface area (TPSA) is 319 Å². The van der Waals surface area contributed by atoms with Gasteiger partial charge in [-0.2, -0.15) is 27.0 Å². The third-order valence-corrected chi connectivity index (χ3v) is 11.8. The Morgan fingerprint density at radius 3 is 2.20 bits per heavy atom. The molecule has 7 heterocycles. The number of para-hydroxylation sites is 2. The molecule has 27 heteroatoms. The first kappa shape index (κ1) is 37.8. The van der Waals surface area contributed by atoms with Crippen molar-refractivity contribution < 1.29 is 35.3 Å². The summed E-state index contributed by atoms with van der Waals surface area (Å²) in [6.45, 7) is 0. The van der Waals surface area contributed by atoms with Gasteiger partial charge >= 0.3 is 28.6 Å². The summed E-state index contributed by atoms with van der Waals surface area (Å²) >= 11 is 0. The van der Waals surface area contributed by atoms with Crippen molar-refractivity contribution in [1.82, 2.24) is 64.2 Å². The lowest BCUT2D eigenvalue weighted by atomic mass is 10.3. The average molecular weight is 862 g/mol. The van der Waals surface area contributed by atoms with E-state index in [0.29, 0.717) is 19.5 Å². The van der Waals surface area contributed by atoms with Crippen molar-refractivity contribution in [1.29, 1.82) is 0 Å². The van der Waals surface area contributed by atoms with Crippen molar-refractivity contribution in [2.45, 2.75) is 9.92 Å². The Morgan fingerprint density at radius 1 is 0.738 bits per heavy atom. The second-order valence-electron chi connectivity index (χ2n) is 12.5. The van der Waals surface area contributed by atoms with E-state index in [4.69, 9.17) is 0 Å². The molecule has 0 saturated heterocycles. The van der Waals surface area contributed by atoms with Crippen LogP contribution in [0.5, 0.6) is 0 Å². The highest BCUT2D eigenvalue weighted by Crippen LogP contribution is 2.28. The molecule has 9 rings (SSSR count). The molecular weight excluding hydrogens is 835 g/mol. The van der Waals surface area contributed by atoms with Crippen LogP contribution in [0.25, 0.3) is 11.0 Å². The van der Waals surface area contributed by atoms with Gasteiger partial charge < -0.3 is 26.3 Å². The molecule has 0 saturated carbocycles. The second-order valence-corrected chi connectivity index (χ2v) is 16.0. The SMILES string of the molecule is O=C(Nc1ccccc1)c1[nH]ncc1Nc1ncncc1S(=O)(=O)[n+]1cncn1-[n+]1[nH]cc(Nc2ncnc3[nH]c(S(=O)(=O)n4cncn4)cc23)c1C(=O)Nc1ccccc1. The number of hydrogen-bond acceptors (Lipinski definition) is 16. The smallest absolute Gasteiger partial charge is 0.336 e. The van der Waals surface area contributed by atoms with Gasteiger partial charge in [0.05, 0.1) is 34.5 Å². The van der Waals surface area contributed by atoms with E-state index >= 15 is 0 Å². The zero-order valence-electron chi connectivity index (χ0n) is 30.7. The summed E-state index contributed by atoms with van der Waals surface area (Å²) in [5.41, 5.74) is 0.983. The molecule has 25 nitrogen and oxygen atoms in total. The molecule has 2 aromatic carbocycles. The highest BCUT2D eigenvalue weighted by Gasteiger charge is 2.39. The zero-order chi connectivity index (χ0) is 42.1. The van der Waals surface area contributed by atoms with E-state index in [-0.39, 0.29) is 50.5 Å². The Morgan fingerprint density at radius 2 is 1.46 bits per heavy atom. The van der Waals surface area contributed by atoms with Crippen LogP contribution >= 0.6 is 0 Å². The molecule has 7 N–H and O–H groups in total. The summed E-state index contributed by atoms with van der Waals surface area (Å²) in [5.74, 6) is -1.45. The van der Waals surface area contributed by atoms with E-state index in [1.807, 2.05) is 0 Å². The first-order chi connectivity index (χ1) is 29.6. The molecule has 2 amide bonds. The van der Waals surface area contributed by atoms with Gasteiger partial charge in [0.1, 0.15) is 48.2 Å². The molecule has 0 bridgehead atoms. The number of rotatable bonds is 13. The quantitative estimate of drug-likeness (QED) is 0.0793. The number of aromatic nitrogens is 15. The van der Waals surface area contributed by atoms with Crippen LogP contribution < -0.4 is 30.1 Å². The van der Waals surface area contributed by atoms with Crippen molar-refractivity contribution in [3.8, 4) is 0 Å². The first-order valence-electron chi connectivity index (χ1n) is 17.5. The molecule has 0 aliphatic carbocycles. The standard InChI is InChI=1S/C34H25N19O6S2/c54-33(44-21-7-3-1-4-8-21)28-24(12-41-49-28)46-32-26(14-35-15-38-32)60(56,57)52-20-37-19-51(52)53-29(34(55)45-22-9-5-2-6-10-22)25(13-42-53)47-30-23-11-27(48-31(23)40-17-39-30)61(58,59)50-18-36-16-43-50/h1-20H,(H5-,35,38,39,40,41,42,44,45,46,47,48,49,54,55)/p+2. The van der Waals surface area contributed by atoms with Gasteiger partial charge in [-0.05, 0) is 30.3 Å². The Bertz CT molecular complexity index is 3290. The molecule has 0 aliphatic heterocycles. The van der Waals surface area contributed by atoms with Gasteiger partial charge in [0.2, 0.25) is 0 Å². The maximum absolute atomic E-state index is 14.5. The van der Waals surface area contributed by atoms with E-state index in [2.05, 4.69) is 76.5 Å². The molecule has 0 unspecified atom stereocenters. The van der Waals surface area contributed by atoms with E-state index in [1.54, 1.807) is 60.7 Å². The maximum Gasteiger partial charge on any atom is 0.392 e.